The van der Waals surface area contributed by atoms with E-state index in [1.165, 1.54) is 0 Å². The van der Waals surface area contributed by atoms with Gasteiger partial charge < -0.3 is 10.8 Å². The van der Waals surface area contributed by atoms with Crippen molar-refractivity contribution < 1.29 is 9.90 Å². The van der Waals surface area contributed by atoms with Gasteiger partial charge >= 0.3 is 0 Å². The molecule has 0 fully saturated rings. The molecule has 2 rings (SSSR count). The number of hydrogen-bond acceptors (Lipinski definition) is 4. The number of nitrogens with two attached hydrogens (primary N) is 1. The molecule has 0 radical (unpaired) electrons. The summed E-state index contributed by atoms with van der Waals surface area (Å²) in [5.41, 5.74) is 8.08. The van der Waals surface area contributed by atoms with Crippen LogP contribution in [0.2, 0.25) is 0 Å². The molecule has 1 heterocycles. The Kier molecular flexibility index (Phi) is 4.98. The van der Waals surface area contributed by atoms with Crippen LogP contribution in [-0.2, 0) is 11.2 Å². The zero-order valence-electron chi connectivity index (χ0n) is 11.2. The zero-order valence-corrected chi connectivity index (χ0v) is 11.2. The third kappa shape index (κ3) is 3.98. The average molecular weight is 270 g/mol. The van der Waals surface area contributed by atoms with Crippen molar-refractivity contribution in [2.24, 2.45) is 5.73 Å². The number of pyridine rings is 1. The van der Waals surface area contributed by atoms with Crippen LogP contribution >= 0.6 is 0 Å². The molecule has 2 aromatic rings. The summed E-state index contributed by atoms with van der Waals surface area (Å²) in [6.45, 7) is 0.111. The molecular formula is C16H18N2O2. The molecule has 1 aromatic heterocycles. The molecule has 0 saturated carbocycles. The number of rotatable bonds is 6. The van der Waals surface area contributed by atoms with Crippen LogP contribution in [0.25, 0.3) is 11.3 Å². The van der Waals surface area contributed by atoms with Crippen molar-refractivity contribution in [1.29, 1.82) is 0 Å². The lowest BCUT2D eigenvalue weighted by atomic mass is 10.0. The van der Waals surface area contributed by atoms with E-state index in [-0.39, 0.29) is 18.7 Å². The van der Waals surface area contributed by atoms with Crippen molar-refractivity contribution in [2.75, 3.05) is 6.54 Å². The average Bonchev–Trinajstić information content (AvgIpc) is 2.48. The predicted octanol–water partition coefficient (Wildman–Crippen LogP) is 1.57. The molecule has 1 aromatic carbocycles. The van der Waals surface area contributed by atoms with E-state index in [1.807, 2.05) is 42.5 Å². The van der Waals surface area contributed by atoms with Crippen LogP contribution in [0.3, 0.4) is 0 Å². The van der Waals surface area contributed by atoms with Crippen LogP contribution in [0.5, 0.6) is 0 Å². The number of carbonyl (C=O) groups is 1. The Hall–Kier alpha value is -2.04. The normalized spacial score (nSPS) is 12.1. The summed E-state index contributed by atoms with van der Waals surface area (Å²) in [6, 6.07) is 13.5. The van der Waals surface area contributed by atoms with Crippen molar-refractivity contribution in [3.63, 3.8) is 0 Å². The monoisotopic (exact) mass is 270 g/mol. The molecular weight excluding hydrogens is 252 g/mol. The number of aliphatic hydroxyl groups is 1. The van der Waals surface area contributed by atoms with Gasteiger partial charge in [0.2, 0.25) is 0 Å². The summed E-state index contributed by atoms with van der Waals surface area (Å²) in [5.74, 6) is -0.0129. The van der Waals surface area contributed by atoms with Crippen molar-refractivity contribution in [1.82, 2.24) is 4.98 Å². The van der Waals surface area contributed by atoms with Gasteiger partial charge in [0.25, 0.3) is 0 Å². The Balaban J connectivity index is 2.09. The van der Waals surface area contributed by atoms with Gasteiger partial charge in [0, 0.05) is 31.1 Å². The minimum Gasteiger partial charge on any atom is -0.391 e. The van der Waals surface area contributed by atoms with Crippen molar-refractivity contribution >= 4 is 5.78 Å². The Morgan fingerprint density at radius 1 is 1.25 bits per heavy atom. The van der Waals surface area contributed by atoms with E-state index >= 15 is 0 Å². The van der Waals surface area contributed by atoms with Crippen LogP contribution in [0.15, 0.2) is 48.7 Å². The molecule has 4 nitrogen and oxygen atoms in total. The number of carbonyl (C=O) groups excluding carboxylic acids is 1. The fraction of sp³-hybridized carbons (Fsp3) is 0.250. The van der Waals surface area contributed by atoms with Crippen LogP contribution in [0.1, 0.15) is 12.0 Å². The van der Waals surface area contributed by atoms with Crippen LogP contribution < -0.4 is 5.73 Å². The van der Waals surface area contributed by atoms with Gasteiger partial charge in [-0.25, -0.2) is 0 Å². The third-order valence-electron chi connectivity index (χ3n) is 3.02. The van der Waals surface area contributed by atoms with Crippen LogP contribution in [0, 0.1) is 0 Å². The fourth-order valence-electron chi connectivity index (χ4n) is 2.02. The highest BCUT2D eigenvalue weighted by Gasteiger charge is 2.10. The Morgan fingerprint density at radius 3 is 2.80 bits per heavy atom. The van der Waals surface area contributed by atoms with Gasteiger partial charge in [0.15, 0.2) is 0 Å². The van der Waals surface area contributed by atoms with E-state index in [9.17, 15) is 9.90 Å². The second-order valence-electron chi connectivity index (χ2n) is 4.72. The highest BCUT2D eigenvalue weighted by atomic mass is 16.3. The topological polar surface area (TPSA) is 76.2 Å². The largest absolute Gasteiger partial charge is 0.391 e. The summed E-state index contributed by atoms with van der Waals surface area (Å²) in [7, 11) is 0. The molecule has 104 valence electrons. The van der Waals surface area contributed by atoms with Gasteiger partial charge in [-0.3, -0.25) is 9.78 Å². The number of aliphatic hydroxyl groups excluding tert-OH is 1. The molecule has 0 aliphatic carbocycles. The quantitative estimate of drug-likeness (QED) is 0.835. The maximum Gasteiger partial charge on any atom is 0.139 e. The number of aromatic nitrogens is 1. The van der Waals surface area contributed by atoms with E-state index in [1.54, 1.807) is 6.20 Å². The molecule has 1 unspecified atom stereocenters. The first-order chi connectivity index (χ1) is 9.69. The predicted molar refractivity (Wildman–Crippen MR) is 78.1 cm³/mol. The summed E-state index contributed by atoms with van der Waals surface area (Å²) in [6.07, 6.45) is 1.40. The fourth-order valence-corrected chi connectivity index (χ4v) is 2.02. The number of ketones is 1. The smallest absolute Gasteiger partial charge is 0.139 e. The first-order valence-corrected chi connectivity index (χ1v) is 6.59. The maximum absolute atomic E-state index is 11.8. The lowest BCUT2D eigenvalue weighted by molar-refractivity contribution is -0.120. The van der Waals surface area contributed by atoms with Crippen LogP contribution in [-0.4, -0.2) is 28.5 Å². The first kappa shape index (κ1) is 14.4. The molecule has 3 N–H and O–H groups in total. The van der Waals surface area contributed by atoms with Crippen molar-refractivity contribution in [2.45, 2.75) is 18.9 Å². The number of nitrogens with zero attached hydrogens (tertiary/aromatic N) is 1. The number of benzene rings is 1. The van der Waals surface area contributed by atoms with Crippen molar-refractivity contribution in [3.8, 4) is 11.3 Å². The molecule has 0 saturated heterocycles. The Bertz CT molecular complexity index is 570. The van der Waals surface area contributed by atoms with Gasteiger partial charge in [0.1, 0.15) is 5.78 Å². The zero-order chi connectivity index (χ0) is 14.4. The summed E-state index contributed by atoms with van der Waals surface area (Å²) < 4.78 is 0. The van der Waals surface area contributed by atoms with E-state index in [2.05, 4.69) is 4.98 Å². The minimum atomic E-state index is -0.749. The number of hydrogen-bond donors (Lipinski definition) is 2. The molecule has 20 heavy (non-hydrogen) atoms. The van der Waals surface area contributed by atoms with Gasteiger partial charge in [-0.1, -0.05) is 24.3 Å². The second-order valence-corrected chi connectivity index (χ2v) is 4.72. The molecule has 0 spiro atoms. The molecule has 0 aliphatic heterocycles. The van der Waals surface area contributed by atoms with E-state index in [0.29, 0.717) is 6.42 Å². The highest BCUT2D eigenvalue weighted by molar-refractivity contribution is 5.81. The Morgan fingerprint density at radius 2 is 2.10 bits per heavy atom. The minimum absolute atomic E-state index is 0.0129. The van der Waals surface area contributed by atoms with Crippen LogP contribution in [0.4, 0.5) is 0 Å². The van der Waals surface area contributed by atoms with Gasteiger partial charge in [-0.15, -0.1) is 0 Å². The molecule has 0 bridgehead atoms. The van der Waals surface area contributed by atoms with Crippen molar-refractivity contribution in [3.05, 3.63) is 54.2 Å². The number of Topliss-reactive ketones (excluding diaryl/α,β-unsaturated/α-hetero) is 1. The SMILES string of the molecule is NCC(O)CC(=O)Cc1cccc(-c2ccccn2)c1. The first-order valence-electron chi connectivity index (χ1n) is 6.59. The summed E-state index contributed by atoms with van der Waals surface area (Å²) in [4.78, 5) is 16.1. The molecule has 4 heteroatoms. The Labute approximate surface area is 118 Å². The van der Waals surface area contributed by atoms with E-state index in [0.717, 1.165) is 16.8 Å². The lowest BCUT2D eigenvalue weighted by Gasteiger charge is -2.07. The third-order valence-corrected chi connectivity index (χ3v) is 3.02. The summed E-state index contributed by atoms with van der Waals surface area (Å²) >= 11 is 0. The summed E-state index contributed by atoms with van der Waals surface area (Å²) in [5, 5.41) is 9.38. The van der Waals surface area contributed by atoms with Gasteiger partial charge in [-0.05, 0) is 23.8 Å². The molecule has 0 amide bonds. The van der Waals surface area contributed by atoms with E-state index in [4.69, 9.17) is 5.73 Å². The molecule has 0 aliphatic rings. The maximum atomic E-state index is 11.8. The molecule has 1 atom stereocenters. The van der Waals surface area contributed by atoms with Gasteiger partial charge in [-0.2, -0.15) is 0 Å². The second kappa shape index (κ2) is 6.93. The van der Waals surface area contributed by atoms with Gasteiger partial charge in [0.05, 0.1) is 11.8 Å². The standard InChI is InChI=1S/C16H18N2O2/c17-11-15(20)10-14(19)9-12-4-3-5-13(8-12)16-6-1-2-7-18-16/h1-8,15,20H,9-11,17H2. The van der Waals surface area contributed by atoms with E-state index < -0.39 is 6.10 Å². The lowest BCUT2D eigenvalue weighted by Crippen LogP contribution is -2.23. The highest BCUT2D eigenvalue weighted by Crippen LogP contribution is 2.18.